The van der Waals surface area contributed by atoms with Gasteiger partial charge in [0.2, 0.25) is 5.91 Å². The Morgan fingerprint density at radius 3 is 2.67 bits per heavy atom. The van der Waals surface area contributed by atoms with E-state index in [4.69, 9.17) is 0 Å². The smallest absolute Gasteiger partial charge is 0.336 e. The summed E-state index contributed by atoms with van der Waals surface area (Å²) in [5.41, 5.74) is 0.330. The highest BCUT2D eigenvalue weighted by molar-refractivity contribution is 5.76. The van der Waals surface area contributed by atoms with Gasteiger partial charge in [-0.1, -0.05) is 12.1 Å². The highest BCUT2D eigenvalue weighted by Crippen LogP contribution is 2.35. The molecule has 2 aliphatic heterocycles. The van der Waals surface area contributed by atoms with Crippen LogP contribution < -0.4 is 5.32 Å². The fourth-order valence-corrected chi connectivity index (χ4v) is 4.29. The van der Waals surface area contributed by atoms with Crippen molar-refractivity contribution in [2.75, 3.05) is 19.6 Å². The van der Waals surface area contributed by atoms with Crippen LogP contribution in [0.15, 0.2) is 24.3 Å². The molecular formula is C21H24F4N4O. The summed E-state index contributed by atoms with van der Waals surface area (Å²) in [6.07, 6.45) is -2.01. The fourth-order valence-electron chi connectivity index (χ4n) is 4.29. The monoisotopic (exact) mass is 424 g/mol. The van der Waals surface area contributed by atoms with Crippen LogP contribution in [-0.4, -0.2) is 40.2 Å². The van der Waals surface area contributed by atoms with Gasteiger partial charge in [0.1, 0.15) is 5.82 Å². The molecule has 2 aliphatic rings. The van der Waals surface area contributed by atoms with Crippen molar-refractivity contribution in [3.63, 3.8) is 0 Å². The van der Waals surface area contributed by atoms with Crippen LogP contribution in [0.5, 0.6) is 0 Å². The first-order valence-electron chi connectivity index (χ1n) is 10.2. The number of alkyl halides is 3. The van der Waals surface area contributed by atoms with E-state index in [2.05, 4.69) is 10.4 Å². The fraction of sp³-hybridized carbons (Fsp3) is 0.524. The summed E-state index contributed by atoms with van der Waals surface area (Å²) in [5, 5.41) is 7.12. The maximum atomic E-state index is 13.5. The van der Waals surface area contributed by atoms with E-state index >= 15 is 0 Å². The number of nitrogens with zero attached hydrogens (tertiary/aromatic N) is 3. The molecule has 9 heteroatoms. The van der Waals surface area contributed by atoms with Crippen molar-refractivity contribution in [2.45, 2.75) is 44.9 Å². The van der Waals surface area contributed by atoms with Gasteiger partial charge in [-0.05, 0) is 56.0 Å². The van der Waals surface area contributed by atoms with E-state index in [1.165, 1.54) is 28.9 Å². The lowest BCUT2D eigenvalue weighted by Gasteiger charge is -2.30. The van der Waals surface area contributed by atoms with Crippen molar-refractivity contribution in [3.8, 4) is 0 Å². The molecule has 0 radical (unpaired) electrons. The molecule has 1 amide bonds. The van der Waals surface area contributed by atoms with E-state index in [1.54, 1.807) is 4.90 Å². The van der Waals surface area contributed by atoms with Gasteiger partial charge in [-0.15, -0.1) is 0 Å². The lowest BCUT2D eigenvalue weighted by Crippen LogP contribution is -2.40. The molecule has 0 saturated carbocycles. The van der Waals surface area contributed by atoms with Crippen molar-refractivity contribution in [2.24, 2.45) is 5.92 Å². The molecule has 1 fully saturated rings. The first-order valence-corrected chi connectivity index (χ1v) is 10.2. The van der Waals surface area contributed by atoms with E-state index in [0.717, 1.165) is 25.9 Å². The van der Waals surface area contributed by atoms with Gasteiger partial charge >= 0.3 is 6.18 Å². The molecule has 2 aromatic rings. The second-order valence-electron chi connectivity index (χ2n) is 8.04. The Balaban J connectivity index is 1.56. The Morgan fingerprint density at radius 1 is 1.23 bits per heavy atom. The number of hydrogen-bond acceptors (Lipinski definition) is 3. The third kappa shape index (κ3) is 4.50. The van der Waals surface area contributed by atoms with Gasteiger partial charge in [0.15, 0.2) is 5.69 Å². The summed E-state index contributed by atoms with van der Waals surface area (Å²) < 4.78 is 55.1. The third-order valence-electron chi connectivity index (χ3n) is 5.87. The van der Waals surface area contributed by atoms with Crippen LogP contribution in [0.2, 0.25) is 0 Å². The maximum absolute atomic E-state index is 13.5. The van der Waals surface area contributed by atoms with Crippen molar-refractivity contribution in [3.05, 3.63) is 52.6 Å². The topological polar surface area (TPSA) is 50.2 Å². The molecule has 0 aliphatic carbocycles. The summed E-state index contributed by atoms with van der Waals surface area (Å²) in [6.45, 7) is 2.22. The molecule has 1 saturated heterocycles. The summed E-state index contributed by atoms with van der Waals surface area (Å²) >= 11 is 0. The van der Waals surface area contributed by atoms with Gasteiger partial charge in [-0.2, -0.15) is 18.3 Å². The van der Waals surface area contributed by atoms with Crippen molar-refractivity contribution >= 4 is 5.91 Å². The number of carbonyl (C=O) groups excluding carboxylic acids is 1. The first kappa shape index (κ1) is 20.8. The van der Waals surface area contributed by atoms with Crippen molar-refractivity contribution in [1.82, 2.24) is 20.0 Å². The Morgan fingerprint density at radius 2 is 2.00 bits per heavy atom. The van der Waals surface area contributed by atoms with E-state index in [-0.39, 0.29) is 43.4 Å². The second-order valence-corrected chi connectivity index (χ2v) is 8.04. The van der Waals surface area contributed by atoms with Crippen LogP contribution >= 0.6 is 0 Å². The molecule has 5 nitrogen and oxygen atoms in total. The molecule has 1 aromatic carbocycles. The summed E-state index contributed by atoms with van der Waals surface area (Å²) in [4.78, 5) is 14.4. The van der Waals surface area contributed by atoms with Crippen LogP contribution in [0.25, 0.3) is 0 Å². The predicted octanol–water partition coefficient (Wildman–Crippen LogP) is 3.36. The largest absolute Gasteiger partial charge is 0.435 e. The quantitative estimate of drug-likeness (QED) is 0.766. The Bertz CT molecular complexity index is 901. The minimum atomic E-state index is -4.56. The predicted molar refractivity (Wildman–Crippen MR) is 102 cm³/mol. The number of benzene rings is 1. The number of aromatic nitrogens is 2. The van der Waals surface area contributed by atoms with E-state index in [0.29, 0.717) is 17.7 Å². The highest BCUT2D eigenvalue weighted by atomic mass is 19.4. The zero-order valence-electron chi connectivity index (χ0n) is 16.5. The minimum Gasteiger partial charge on any atom is -0.336 e. The molecule has 30 heavy (non-hydrogen) atoms. The van der Waals surface area contributed by atoms with E-state index in [1.807, 2.05) is 0 Å². The Hall–Kier alpha value is -2.42. The third-order valence-corrected chi connectivity index (χ3v) is 5.87. The van der Waals surface area contributed by atoms with Crippen LogP contribution in [0.1, 0.15) is 41.8 Å². The second kappa shape index (κ2) is 8.37. The summed E-state index contributed by atoms with van der Waals surface area (Å²) in [6, 6.07) is 5.59. The van der Waals surface area contributed by atoms with Crippen LogP contribution in [-0.2, 0) is 30.5 Å². The minimum absolute atomic E-state index is 0.0301. The SMILES string of the molecule is O=C(CC1CCCNC1)N1CCc2c(C(F)(F)F)nn(Cc3ccc(F)cc3)c2C1. The van der Waals surface area contributed by atoms with Crippen LogP contribution in [0, 0.1) is 11.7 Å². The van der Waals surface area contributed by atoms with Gasteiger partial charge < -0.3 is 10.2 Å². The molecule has 1 N–H and O–H groups in total. The van der Waals surface area contributed by atoms with E-state index in [9.17, 15) is 22.4 Å². The maximum Gasteiger partial charge on any atom is 0.435 e. The zero-order valence-corrected chi connectivity index (χ0v) is 16.5. The van der Waals surface area contributed by atoms with Crippen molar-refractivity contribution in [1.29, 1.82) is 0 Å². The van der Waals surface area contributed by atoms with Crippen molar-refractivity contribution < 1.29 is 22.4 Å². The molecule has 0 spiro atoms. The molecule has 0 bridgehead atoms. The Kier molecular flexibility index (Phi) is 5.81. The number of nitrogens with one attached hydrogen (secondary N) is 1. The molecule has 162 valence electrons. The highest BCUT2D eigenvalue weighted by Gasteiger charge is 2.41. The molecule has 1 aromatic heterocycles. The standard InChI is InChI=1S/C21H24F4N4O/c22-16-5-3-14(4-6-16)12-29-18-13-28(19(30)10-15-2-1-8-26-11-15)9-7-17(18)20(27-29)21(23,24)25/h3-6,15,26H,1-2,7-13H2. The lowest BCUT2D eigenvalue weighted by atomic mass is 9.95. The zero-order chi connectivity index (χ0) is 21.3. The van der Waals surface area contributed by atoms with Crippen LogP contribution in [0.4, 0.5) is 17.6 Å². The molecule has 3 heterocycles. The number of amides is 1. The number of halogens is 4. The molecular weight excluding hydrogens is 400 g/mol. The number of fused-ring (bicyclic) bond motifs is 1. The molecule has 1 atom stereocenters. The van der Waals surface area contributed by atoms with Crippen LogP contribution in [0.3, 0.4) is 0 Å². The summed E-state index contributed by atoms with van der Waals surface area (Å²) in [7, 11) is 0. The number of piperidine rings is 1. The lowest BCUT2D eigenvalue weighted by molar-refractivity contribution is -0.142. The summed E-state index contributed by atoms with van der Waals surface area (Å²) in [5.74, 6) is -0.175. The average Bonchev–Trinajstić information content (AvgIpc) is 3.08. The molecule has 4 rings (SSSR count). The molecule has 1 unspecified atom stereocenters. The average molecular weight is 424 g/mol. The van der Waals surface area contributed by atoms with E-state index < -0.39 is 17.7 Å². The normalized spacial score (nSPS) is 19.6. The number of hydrogen-bond donors (Lipinski definition) is 1. The van der Waals surface area contributed by atoms with Gasteiger partial charge in [-0.25, -0.2) is 4.39 Å². The van der Waals surface area contributed by atoms with Gasteiger partial charge in [0.25, 0.3) is 0 Å². The van der Waals surface area contributed by atoms with Gasteiger partial charge in [-0.3, -0.25) is 9.48 Å². The Labute approximate surface area is 172 Å². The van der Waals surface area contributed by atoms with Gasteiger partial charge in [0.05, 0.1) is 18.8 Å². The number of rotatable bonds is 4. The van der Waals surface area contributed by atoms with Gasteiger partial charge in [0, 0.05) is 18.5 Å². The first-order chi connectivity index (χ1) is 14.3. The number of carbonyl (C=O) groups is 1.